The number of halogens is 1. The molecule has 0 aromatic rings. The van der Waals surface area contributed by atoms with Gasteiger partial charge in [-0.3, -0.25) is 0 Å². The molecule has 1 heteroatoms. The van der Waals surface area contributed by atoms with Crippen molar-refractivity contribution in [3.63, 3.8) is 0 Å². The third-order valence-corrected chi connectivity index (χ3v) is 4.77. The SMILES string of the molecule is CC1CCC(C2CCCC(Cl)C2)CC1. The third kappa shape index (κ3) is 2.66. The molecule has 2 atom stereocenters. The normalized spacial score (nSPS) is 45.0. The Hall–Kier alpha value is 0.290. The summed E-state index contributed by atoms with van der Waals surface area (Å²) in [6, 6.07) is 0. The van der Waals surface area contributed by atoms with Gasteiger partial charge in [-0.15, -0.1) is 11.6 Å². The minimum absolute atomic E-state index is 0.494. The van der Waals surface area contributed by atoms with Gasteiger partial charge in [-0.2, -0.15) is 0 Å². The van der Waals surface area contributed by atoms with Gasteiger partial charge in [-0.05, 0) is 43.4 Å². The van der Waals surface area contributed by atoms with Crippen LogP contribution in [0.15, 0.2) is 0 Å². The van der Waals surface area contributed by atoms with E-state index < -0.39 is 0 Å². The highest BCUT2D eigenvalue weighted by Gasteiger charge is 2.29. The Bertz CT molecular complexity index is 170. The van der Waals surface area contributed by atoms with Gasteiger partial charge in [0.15, 0.2) is 0 Å². The van der Waals surface area contributed by atoms with E-state index >= 15 is 0 Å². The van der Waals surface area contributed by atoms with Crippen LogP contribution in [0, 0.1) is 17.8 Å². The van der Waals surface area contributed by atoms with Crippen LogP contribution in [0.3, 0.4) is 0 Å². The minimum Gasteiger partial charge on any atom is -0.123 e. The van der Waals surface area contributed by atoms with Crippen molar-refractivity contribution in [2.24, 2.45) is 17.8 Å². The van der Waals surface area contributed by atoms with E-state index in [1.165, 1.54) is 51.4 Å². The van der Waals surface area contributed by atoms with Crippen LogP contribution in [0.5, 0.6) is 0 Å². The molecule has 0 aromatic heterocycles. The Morgan fingerprint density at radius 2 is 1.57 bits per heavy atom. The molecule has 0 heterocycles. The van der Waals surface area contributed by atoms with Crippen molar-refractivity contribution in [2.75, 3.05) is 0 Å². The first-order valence-electron chi connectivity index (χ1n) is 6.39. The Kier molecular flexibility index (Phi) is 3.76. The van der Waals surface area contributed by atoms with E-state index in [0.717, 1.165) is 17.8 Å². The lowest BCUT2D eigenvalue weighted by Gasteiger charge is -2.36. The van der Waals surface area contributed by atoms with Crippen LogP contribution < -0.4 is 0 Å². The van der Waals surface area contributed by atoms with Crippen molar-refractivity contribution < 1.29 is 0 Å². The van der Waals surface area contributed by atoms with Gasteiger partial charge in [0.2, 0.25) is 0 Å². The highest BCUT2D eigenvalue weighted by atomic mass is 35.5. The fraction of sp³-hybridized carbons (Fsp3) is 1.00. The second-order valence-corrected chi connectivity index (χ2v) is 6.16. The lowest BCUT2D eigenvalue weighted by atomic mass is 9.71. The summed E-state index contributed by atoms with van der Waals surface area (Å²) in [5, 5.41) is 0.494. The van der Waals surface area contributed by atoms with Crippen molar-refractivity contribution in [3.8, 4) is 0 Å². The zero-order valence-corrected chi connectivity index (χ0v) is 10.1. The fourth-order valence-electron chi connectivity index (χ4n) is 3.35. The zero-order chi connectivity index (χ0) is 9.97. The maximum atomic E-state index is 6.26. The predicted octanol–water partition coefficient (Wildman–Crippen LogP) is 4.61. The minimum atomic E-state index is 0.494. The molecule has 2 rings (SSSR count). The lowest BCUT2D eigenvalue weighted by Crippen LogP contribution is -2.26. The molecule has 2 unspecified atom stereocenters. The van der Waals surface area contributed by atoms with Crippen LogP contribution >= 0.6 is 11.6 Å². The smallest absolute Gasteiger partial charge is 0.0338 e. The number of rotatable bonds is 1. The molecule has 82 valence electrons. The first-order chi connectivity index (χ1) is 6.75. The van der Waals surface area contributed by atoms with E-state index in [2.05, 4.69) is 6.92 Å². The van der Waals surface area contributed by atoms with Gasteiger partial charge in [0.1, 0.15) is 0 Å². The first-order valence-corrected chi connectivity index (χ1v) is 6.83. The standard InChI is InChI=1S/C13H23Cl/c1-10-5-7-11(8-6-10)12-3-2-4-13(14)9-12/h10-13H,2-9H2,1H3. The lowest BCUT2D eigenvalue weighted by molar-refractivity contribution is 0.174. The summed E-state index contributed by atoms with van der Waals surface area (Å²) < 4.78 is 0. The first kappa shape index (κ1) is 10.8. The Morgan fingerprint density at radius 1 is 0.857 bits per heavy atom. The van der Waals surface area contributed by atoms with Crippen LogP contribution in [0.2, 0.25) is 0 Å². The second kappa shape index (κ2) is 4.88. The highest BCUT2D eigenvalue weighted by molar-refractivity contribution is 6.20. The van der Waals surface area contributed by atoms with Crippen LogP contribution in [0.25, 0.3) is 0 Å². The van der Waals surface area contributed by atoms with Crippen molar-refractivity contribution in [3.05, 3.63) is 0 Å². The van der Waals surface area contributed by atoms with Crippen molar-refractivity contribution in [1.29, 1.82) is 0 Å². The largest absolute Gasteiger partial charge is 0.123 e. The molecule has 0 saturated heterocycles. The summed E-state index contributed by atoms with van der Waals surface area (Å²) in [5.41, 5.74) is 0. The van der Waals surface area contributed by atoms with Crippen LogP contribution in [-0.2, 0) is 0 Å². The quantitative estimate of drug-likeness (QED) is 0.560. The fourth-order valence-corrected chi connectivity index (χ4v) is 3.73. The average Bonchev–Trinajstić information content (AvgIpc) is 2.19. The van der Waals surface area contributed by atoms with E-state index in [4.69, 9.17) is 11.6 Å². The molecule has 0 bridgehead atoms. The predicted molar refractivity (Wildman–Crippen MR) is 62.7 cm³/mol. The van der Waals surface area contributed by atoms with Gasteiger partial charge in [0.05, 0.1) is 0 Å². The summed E-state index contributed by atoms with van der Waals surface area (Å²) in [7, 11) is 0. The number of alkyl halides is 1. The summed E-state index contributed by atoms with van der Waals surface area (Å²) in [5.74, 6) is 2.98. The number of hydrogen-bond acceptors (Lipinski definition) is 0. The van der Waals surface area contributed by atoms with Gasteiger partial charge in [0, 0.05) is 5.38 Å². The molecular weight excluding hydrogens is 192 g/mol. The Morgan fingerprint density at radius 3 is 2.21 bits per heavy atom. The van der Waals surface area contributed by atoms with Crippen LogP contribution in [0.1, 0.15) is 58.3 Å². The molecule has 14 heavy (non-hydrogen) atoms. The maximum Gasteiger partial charge on any atom is 0.0338 e. The van der Waals surface area contributed by atoms with E-state index in [9.17, 15) is 0 Å². The molecule has 0 spiro atoms. The molecular formula is C13H23Cl. The summed E-state index contributed by atoms with van der Waals surface area (Å²) >= 11 is 6.26. The molecule has 2 aliphatic carbocycles. The van der Waals surface area contributed by atoms with Crippen molar-refractivity contribution in [1.82, 2.24) is 0 Å². The van der Waals surface area contributed by atoms with E-state index in [-0.39, 0.29) is 0 Å². The molecule has 0 radical (unpaired) electrons. The monoisotopic (exact) mass is 214 g/mol. The molecule has 0 aliphatic heterocycles. The molecule has 0 N–H and O–H groups in total. The molecule has 2 aliphatic rings. The van der Waals surface area contributed by atoms with Gasteiger partial charge < -0.3 is 0 Å². The summed E-state index contributed by atoms with van der Waals surface area (Å²) in [4.78, 5) is 0. The van der Waals surface area contributed by atoms with Gasteiger partial charge in [-0.25, -0.2) is 0 Å². The highest BCUT2D eigenvalue weighted by Crippen LogP contribution is 2.40. The van der Waals surface area contributed by atoms with Crippen molar-refractivity contribution in [2.45, 2.75) is 63.7 Å². The maximum absolute atomic E-state index is 6.26. The summed E-state index contributed by atoms with van der Waals surface area (Å²) in [6.45, 7) is 2.40. The van der Waals surface area contributed by atoms with Gasteiger partial charge in [0.25, 0.3) is 0 Å². The molecule has 2 saturated carbocycles. The van der Waals surface area contributed by atoms with Gasteiger partial charge in [-0.1, -0.05) is 32.6 Å². The summed E-state index contributed by atoms with van der Waals surface area (Å²) in [6.07, 6.45) is 11.3. The molecule has 0 aromatic carbocycles. The molecule has 0 nitrogen and oxygen atoms in total. The topological polar surface area (TPSA) is 0 Å². The van der Waals surface area contributed by atoms with Gasteiger partial charge >= 0.3 is 0 Å². The van der Waals surface area contributed by atoms with Crippen LogP contribution in [-0.4, -0.2) is 5.38 Å². The third-order valence-electron chi connectivity index (χ3n) is 4.38. The van der Waals surface area contributed by atoms with E-state index in [1.54, 1.807) is 0 Å². The molecule has 0 amide bonds. The zero-order valence-electron chi connectivity index (χ0n) is 9.34. The van der Waals surface area contributed by atoms with Crippen LogP contribution in [0.4, 0.5) is 0 Å². The Balaban J connectivity index is 1.82. The number of hydrogen-bond donors (Lipinski definition) is 0. The Labute approximate surface area is 93.4 Å². The van der Waals surface area contributed by atoms with Crippen molar-refractivity contribution >= 4 is 11.6 Å². The van der Waals surface area contributed by atoms with E-state index in [0.29, 0.717) is 5.38 Å². The van der Waals surface area contributed by atoms with E-state index in [1.807, 2.05) is 0 Å². The second-order valence-electron chi connectivity index (χ2n) is 5.54. The molecule has 2 fully saturated rings. The average molecular weight is 215 g/mol.